The van der Waals surface area contributed by atoms with E-state index in [0.717, 1.165) is 23.3 Å². The molecule has 0 unspecified atom stereocenters. The molecule has 180 valence electrons. The van der Waals surface area contributed by atoms with Gasteiger partial charge in [-0.05, 0) is 67.5 Å². The lowest BCUT2D eigenvalue weighted by atomic mass is 9.88. The maximum atomic E-state index is 12.5. The van der Waals surface area contributed by atoms with Crippen molar-refractivity contribution in [3.8, 4) is 5.75 Å². The molecule has 0 bridgehead atoms. The second kappa shape index (κ2) is 11.4. The molecule has 2 amide bonds. The number of esters is 1. The number of rotatable bonds is 8. The monoisotopic (exact) mass is 487 g/mol. The smallest absolute Gasteiger partial charge is 0.341 e. The van der Waals surface area contributed by atoms with Crippen molar-refractivity contribution in [2.45, 2.75) is 33.1 Å². The highest BCUT2D eigenvalue weighted by molar-refractivity contribution is 7.17. The zero-order valence-electron chi connectivity index (χ0n) is 18.8. The third kappa shape index (κ3) is 6.41. The van der Waals surface area contributed by atoms with Gasteiger partial charge in [0.2, 0.25) is 0 Å². The van der Waals surface area contributed by atoms with E-state index in [4.69, 9.17) is 14.6 Å². The minimum absolute atomic E-state index is 0.203. The molecule has 1 aromatic carbocycles. The molecule has 0 radical (unpaired) electrons. The van der Waals surface area contributed by atoms with Gasteiger partial charge in [-0.1, -0.05) is 6.92 Å². The fourth-order valence-electron chi connectivity index (χ4n) is 3.43. The summed E-state index contributed by atoms with van der Waals surface area (Å²) in [6.07, 6.45) is 3.78. The van der Waals surface area contributed by atoms with E-state index in [-0.39, 0.29) is 6.61 Å². The van der Waals surface area contributed by atoms with E-state index in [0.29, 0.717) is 34.2 Å². The first kappa shape index (κ1) is 24.9. The summed E-state index contributed by atoms with van der Waals surface area (Å²) in [7, 11) is 0. The molecule has 1 aliphatic rings. The number of hydrazone groups is 1. The van der Waals surface area contributed by atoms with E-state index in [2.05, 4.69) is 22.8 Å². The highest BCUT2D eigenvalue weighted by atomic mass is 32.1. The van der Waals surface area contributed by atoms with Crippen molar-refractivity contribution in [3.63, 3.8) is 0 Å². The lowest BCUT2D eigenvalue weighted by Crippen LogP contribution is -2.32. The van der Waals surface area contributed by atoms with E-state index >= 15 is 0 Å². The van der Waals surface area contributed by atoms with Crippen LogP contribution in [0, 0.1) is 5.92 Å². The Kier molecular flexibility index (Phi) is 8.36. The van der Waals surface area contributed by atoms with E-state index in [1.165, 1.54) is 17.6 Å². The van der Waals surface area contributed by atoms with Gasteiger partial charge in [0.15, 0.2) is 6.61 Å². The van der Waals surface area contributed by atoms with E-state index in [1.54, 1.807) is 31.2 Å². The number of carboxylic acids is 1. The lowest BCUT2D eigenvalue weighted by Gasteiger charge is -2.18. The van der Waals surface area contributed by atoms with Crippen LogP contribution in [0.15, 0.2) is 29.4 Å². The Morgan fingerprint density at radius 1 is 1.21 bits per heavy atom. The van der Waals surface area contributed by atoms with Gasteiger partial charge < -0.3 is 19.9 Å². The van der Waals surface area contributed by atoms with E-state index in [9.17, 15) is 19.2 Å². The number of aliphatic carboxylic acids is 1. The molecular weight excluding hydrogens is 462 g/mol. The predicted molar refractivity (Wildman–Crippen MR) is 125 cm³/mol. The predicted octanol–water partition coefficient (Wildman–Crippen LogP) is 2.60. The SMILES string of the molecule is CCOC(=O)c1c(NC(=O)C(=O)N/N=C\c2ccc(OCC(=O)O)cc2)sc2c1CC[C@@H](C)C2. The molecule has 0 fully saturated rings. The lowest BCUT2D eigenvalue weighted by molar-refractivity contribution is -0.139. The first-order valence-electron chi connectivity index (χ1n) is 10.7. The van der Waals surface area contributed by atoms with Crippen molar-refractivity contribution in [1.29, 1.82) is 0 Å². The van der Waals surface area contributed by atoms with Crippen LogP contribution in [0.4, 0.5) is 5.00 Å². The number of fused-ring (bicyclic) bond motifs is 1. The normalized spacial score (nSPS) is 14.8. The van der Waals surface area contributed by atoms with Gasteiger partial charge in [0.25, 0.3) is 0 Å². The van der Waals surface area contributed by atoms with Gasteiger partial charge in [0.05, 0.1) is 18.4 Å². The van der Waals surface area contributed by atoms with E-state index < -0.39 is 30.4 Å². The molecule has 1 aliphatic carbocycles. The number of carbonyl (C=O) groups excluding carboxylic acids is 3. The largest absolute Gasteiger partial charge is 0.482 e. The van der Waals surface area contributed by atoms with Crippen LogP contribution < -0.4 is 15.5 Å². The maximum Gasteiger partial charge on any atom is 0.341 e. The number of carbonyl (C=O) groups is 4. The van der Waals surface area contributed by atoms with Crippen LogP contribution >= 0.6 is 11.3 Å². The number of benzene rings is 1. The third-order valence-electron chi connectivity index (χ3n) is 5.05. The fourth-order valence-corrected chi connectivity index (χ4v) is 4.82. The molecule has 1 heterocycles. The molecule has 0 aliphatic heterocycles. The van der Waals surface area contributed by atoms with Crippen LogP contribution in [0.25, 0.3) is 0 Å². The van der Waals surface area contributed by atoms with Crippen LogP contribution in [0.2, 0.25) is 0 Å². The number of thiophene rings is 1. The molecule has 11 heteroatoms. The Hall–Kier alpha value is -3.73. The van der Waals surface area contributed by atoms with Crippen LogP contribution in [0.3, 0.4) is 0 Å². The number of nitrogens with zero attached hydrogens (tertiary/aromatic N) is 1. The molecule has 3 N–H and O–H groups in total. The molecule has 0 saturated heterocycles. The van der Waals surface area contributed by atoms with Crippen LogP contribution in [0.1, 0.15) is 46.6 Å². The third-order valence-corrected chi connectivity index (χ3v) is 6.22. The Morgan fingerprint density at radius 2 is 1.94 bits per heavy atom. The number of hydrogen-bond donors (Lipinski definition) is 3. The molecule has 2 aromatic rings. The highest BCUT2D eigenvalue weighted by Crippen LogP contribution is 2.40. The van der Waals surface area contributed by atoms with E-state index in [1.807, 2.05) is 0 Å². The van der Waals surface area contributed by atoms with Crippen LogP contribution in [-0.4, -0.2) is 48.3 Å². The van der Waals surface area contributed by atoms with Gasteiger partial charge in [-0.2, -0.15) is 5.10 Å². The second-order valence-corrected chi connectivity index (χ2v) is 8.79. The number of hydrogen-bond acceptors (Lipinski definition) is 8. The first-order valence-corrected chi connectivity index (χ1v) is 11.5. The summed E-state index contributed by atoms with van der Waals surface area (Å²) in [5.74, 6) is -2.70. The average molecular weight is 488 g/mol. The zero-order valence-corrected chi connectivity index (χ0v) is 19.6. The second-order valence-electron chi connectivity index (χ2n) is 7.68. The number of carboxylic acid groups (broad SMARTS) is 1. The van der Waals surface area contributed by atoms with Gasteiger partial charge in [-0.25, -0.2) is 15.0 Å². The van der Waals surface area contributed by atoms with Crippen molar-refractivity contribution in [1.82, 2.24) is 5.43 Å². The van der Waals surface area contributed by atoms with Gasteiger partial charge in [-0.3, -0.25) is 9.59 Å². The van der Waals surface area contributed by atoms with Crippen molar-refractivity contribution < 1.29 is 33.8 Å². The minimum atomic E-state index is -1.08. The minimum Gasteiger partial charge on any atom is -0.482 e. The summed E-state index contributed by atoms with van der Waals surface area (Å²) in [4.78, 5) is 48.7. The molecular formula is C23H25N3O7S. The van der Waals surface area contributed by atoms with Gasteiger partial charge in [-0.15, -0.1) is 11.3 Å². The Bertz CT molecular complexity index is 1110. The molecule has 1 aromatic heterocycles. The molecule has 0 spiro atoms. The van der Waals surface area contributed by atoms with Crippen molar-refractivity contribution in [2.24, 2.45) is 11.0 Å². The average Bonchev–Trinajstić information content (AvgIpc) is 3.15. The highest BCUT2D eigenvalue weighted by Gasteiger charge is 2.30. The van der Waals surface area contributed by atoms with Crippen molar-refractivity contribution in [3.05, 3.63) is 45.8 Å². The Labute approximate surface area is 199 Å². The van der Waals surface area contributed by atoms with Crippen LogP contribution in [-0.2, 0) is 32.0 Å². The van der Waals surface area contributed by atoms with Gasteiger partial charge in [0.1, 0.15) is 10.8 Å². The maximum absolute atomic E-state index is 12.5. The topological polar surface area (TPSA) is 143 Å². The molecule has 10 nitrogen and oxygen atoms in total. The zero-order chi connectivity index (χ0) is 24.7. The fraction of sp³-hybridized carbons (Fsp3) is 0.348. The molecule has 0 saturated carbocycles. The van der Waals surface area contributed by atoms with Crippen molar-refractivity contribution in [2.75, 3.05) is 18.5 Å². The molecule has 1 atom stereocenters. The summed E-state index contributed by atoms with van der Waals surface area (Å²) in [6.45, 7) is 3.59. The van der Waals surface area contributed by atoms with Crippen molar-refractivity contribution >= 4 is 46.3 Å². The quantitative estimate of drug-likeness (QED) is 0.225. The number of amides is 2. The van der Waals surface area contributed by atoms with Gasteiger partial charge in [0, 0.05) is 4.88 Å². The summed E-state index contributed by atoms with van der Waals surface area (Å²) in [6, 6.07) is 6.32. The molecule has 3 rings (SSSR count). The van der Waals surface area contributed by atoms with Gasteiger partial charge >= 0.3 is 23.8 Å². The Balaban J connectivity index is 1.62. The first-order chi connectivity index (χ1) is 16.3. The summed E-state index contributed by atoms with van der Waals surface area (Å²) in [5, 5.41) is 15.2. The number of ether oxygens (including phenoxy) is 2. The molecule has 34 heavy (non-hydrogen) atoms. The van der Waals surface area contributed by atoms with Crippen LogP contribution in [0.5, 0.6) is 5.75 Å². The summed E-state index contributed by atoms with van der Waals surface area (Å²) < 4.78 is 10.2. The summed E-state index contributed by atoms with van der Waals surface area (Å²) >= 11 is 1.29. The standard InChI is InChI=1S/C23H25N3O7S/c1-3-32-23(31)19-16-9-4-13(2)10-17(16)34-22(19)25-20(29)21(30)26-24-11-14-5-7-15(8-6-14)33-12-18(27)28/h5-8,11,13H,3-4,9-10,12H2,1-2H3,(H,25,29)(H,26,30)(H,27,28)/b24-11-/t13-/m1/s1. The number of anilines is 1. The number of nitrogens with one attached hydrogen (secondary N) is 2. The Morgan fingerprint density at radius 3 is 2.62 bits per heavy atom. The summed E-state index contributed by atoms with van der Waals surface area (Å²) in [5.41, 5.74) is 3.94.